The van der Waals surface area contributed by atoms with Crippen molar-refractivity contribution in [2.24, 2.45) is 5.41 Å². The van der Waals surface area contributed by atoms with Gasteiger partial charge in [-0.2, -0.15) is 0 Å². The van der Waals surface area contributed by atoms with E-state index in [-0.39, 0.29) is 17.2 Å². The van der Waals surface area contributed by atoms with E-state index < -0.39 is 10.0 Å². The Kier molecular flexibility index (Phi) is 3.64. The van der Waals surface area contributed by atoms with E-state index in [2.05, 4.69) is 23.6 Å². The molecule has 2 aromatic rings. The molecule has 0 unspecified atom stereocenters. The highest BCUT2D eigenvalue weighted by Gasteiger charge is 2.35. The second-order valence-electron chi connectivity index (χ2n) is 8.17. The highest BCUT2D eigenvalue weighted by atomic mass is 32.2. The summed E-state index contributed by atoms with van der Waals surface area (Å²) in [7, 11) is -3.52. The predicted octanol–water partition coefficient (Wildman–Crippen LogP) is 3.33. The van der Waals surface area contributed by atoms with Gasteiger partial charge in [0.15, 0.2) is 5.78 Å². The molecule has 0 saturated heterocycles. The Morgan fingerprint density at radius 1 is 1.24 bits per heavy atom. The van der Waals surface area contributed by atoms with E-state index in [9.17, 15) is 13.2 Å². The van der Waals surface area contributed by atoms with E-state index in [1.807, 2.05) is 13.0 Å². The second-order valence-corrected chi connectivity index (χ2v) is 9.86. The molecule has 0 aliphatic heterocycles. The molecule has 2 N–H and O–H groups in total. The summed E-state index contributed by atoms with van der Waals surface area (Å²) in [6.45, 7) is 6.12. The van der Waals surface area contributed by atoms with Crippen molar-refractivity contribution in [2.75, 3.05) is 0 Å². The lowest BCUT2D eigenvalue weighted by Gasteiger charge is -2.28. The molecule has 0 spiro atoms. The maximum absolute atomic E-state index is 12.7. The number of sulfonamides is 1. The molecule has 25 heavy (non-hydrogen) atoms. The first kappa shape index (κ1) is 16.8. The monoisotopic (exact) mass is 360 g/mol. The number of carbonyl (C=O) groups excluding carboxylic acids is 1. The van der Waals surface area contributed by atoms with Crippen LogP contribution in [0.25, 0.3) is 10.9 Å². The summed E-state index contributed by atoms with van der Waals surface area (Å²) in [4.78, 5) is 16.3. The van der Waals surface area contributed by atoms with E-state index in [0.29, 0.717) is 17.7 Å². The van der Waals surface area contributed by atoms with Gasteiger partial charge in [0, 0.05) is 34.6 Å². The van der Waals surface area contributed by atoms with Crippen molar-refractivity contribution in [3.63, 3.8) is 0 Å². The zero-order chi connectivity index (χ0) is 18.0. The van der Waals surface area contributed by atoms with Gasteiger partial charge in [-0.05, 0) is 48.8 Å². The first-order valence-electron chi connectivity index (χ1n) is 8.93. The summed E-state index contributed by atoms with van der Waals surface area (Å²) in [5.74, 6) is 0.145. The Hall–Kier alpha value is -1.66. The first-order chi connectivity index (χ1) is 11.7. The first-order valence-corrected chi connectivity index (χ1v) is 10.4. The number of aromatic nitrogens is 1. The topological polar surface area (TPSA) is 79.0 Å². The summed E-state index contributed by atoms with van der Waals surface area (Å²) in [6, 6.07) is 3.67. The van der Waals surface area contributed by atoms with Gasteiger partial charge in [0.25, 0.3) is 0 Å². The number of fused-ring (bicyclic) bond motifs is 3. The Bertz CT molecular complexity index is 982. The average Bonchev–Trinajstić information content (AvgIpc) is 3.22. The fourth-order valence-electron chi connectivity index (χ4n) is 3.85. The quantitative estimate of drug-likeness (QED) is 0.878. The Labute approximate surface area is 148 Å². The van der Waals surface area contributed by atoms with Gasteiger partial charge >= 0.3 is 0 Å². The molecule has 0 radical (unpaired) electrons. The number of ketones is 1. The van der Waals surface area contributed by atoms with Crippen molar-refractivity contribution in [3.8, 4) is 0 Å². The molecular weight excluding hydrogens is 336 g/mol. The van der Waals surface area contributed by atoms with Crippen LogP contribution in [0.2, 0.25) is 0 Å². The predicted molar refractivity (Wildman–Crippen MR) is 97.5 cm³/mol. The standard InChI is InChI=1S/C19H24N2O3S/c1-4-11-7-13-14(8-17(11)25(23,24)21-12-5-6-12)20-15-9-19(2,3)10-16(22)18(13)15/h7-8,12,20-21H,4-6,9-10H2,1-3H3. The maximum Gasteiger partial charge on any atom is 0.241 e. The van der Waals surface area contributed by atoms with Crippen LogP contribution in [-0.2, 0) is 22.9 Å². The van der Waals surface area contributed by atoms with Gasteiger partial charge in [-0.25, -0.2) is 13.1 Å². The number of aryl methyl sites for hydroxylation is 1. The van der Waals surface area contributed by atoms with Crippen LogP contribution in [0.1, 0.15) is 61.6 Å². The van der Waals surface area contributed by atoms with Crippen LogP contribution >= 0.6 is 0 Å². The molecule has 1 fully saturated rings. The molecule has 2 aliphatic carbocycles. The van der Waals surface area contributed by atoms with E-state index >= 15 is 0 Å². The lowest BCUT2D eigenvalue weighted by Crippen LogP contribution is -2.26. The van der Waals surface area contributed by atoms with Crippen molar-refractivity contribution < 1.29 is 13.2 Å². The van der Waals surface area contributed by atoms with Crippen molar-refractivity contribution in [1.29, 1.82) is 0 Å². The normalized spacial score (nSPS) is 20.0. The second kappa shape index (κ2) is 5.42. The molecule has 0 atom stereocenters. The lowest BCUT2D eigenvalue weighted by molar-refractivity contribution is 0.0913. The number of carbonyl (C=O) groups is 1. The third kappa shape index (κ3) is 2.91. The van der Waals surface area contributed by atoms with Crippen molar-refractivity contribution in [2.45, 2.75) is 63.8 Å². The molecule has 0 amide bonds. The smallest absolute Gasteiger partial charge is 0.241 e. The Morgan fingerprint density at radius 3 is 2.60 bits per heavy atom. The zero-order valence-electron chi connectivity index (χ0n) is 14.9. The number of H-pyrrole nitrogens is 1. The van der Waals surface area contributed by atoms with Crippen LogP contribution in [0.15, 0.2) is 17.0 Å². The van der Waals surface area contributed by atoms with Gasteiger partial charge < -0.3 is 4.98 Å². The summed E-state index contributed by atoms with van der Waals surface area (Å²) < 4.78 is 28.2. The van der Waals surface area contributed by atoms with E-state index in [4.69, 9.17) is 0 Å². The summed E-state index contributed by atoms with van der Waals surface area (Å²) in [6.07, 6.45) is 3.74. The lowest BCUT2D eigenvalue weighted by atomic mass is 9.76. The molecule has 1 aromatic carbocycles. The molecule has 4 rings (SSSR count). The highest BCUT2D eigenvalue weighted by molar-refractivity contribution is 7.89. The van der Waals surface area contributed by atoms with Crippen molar-refractivity contribution in [3.05, 3.63) is 29.0 Å². The van der Waals surface area contributed by atoms with Crippen LogP contribution in [0.3, 0.4) is 0 Å². The average molecular weight is 360 g/mol. The summed E-state index contributed by atoms with van der Waals surface area (Å²) in [5.41, 5.74) is 3.12. The van der Waals surface area contributed by atoms with Crippen LogP contribution in [-0.4, -0.2) is 25.2 Å². The van der Waals surface area contributed by atoms with Crippen LogP contribution < -0.4 is 4.72 Å². The minimum Gasteiger partial charge on any atom is -0.358 e. The number of Topliss-reactive ketones (excluding diaryl/α,β-unsaturated/α-hetero) is 1. The molecule has 1 heterocycles. The Morgan fingerprint density at radius 2 is 1.96 bits per heavy atom. The van der Waals surface area contributed by atoms with E-state index in [0.717, 1.165) is 47.0 Å². The zero-order valence-corrected chi connectivity index (χ0v) is 15.7. The minimum atomic E-state index is -3.52. The van der Waals surface area contributed by atoms with Crippen LogP contribution in [0, 0.1) is 5.41 Å². The summed E-state index contributed by atoms with van der Waals surface area (Å²) in [5, 5.41) is 0.859. The fraction of sp³-hybridized carbons (Fsp3) is 0.526. The van der Waals surface area contributed by atoms with Gasteiger partial charge in [0.2, 0.25) is 10.0 Å². The molecule has 1 aromatic heterocycles. The van der Waals surface area contributed by atoms with Crippen molar-refractivity contribution >= 4 is 26.7 Å². The molecule has 2 aliphatic rings. The van der Waals surface area contributed by atoms with Gasteiger partial charge in [-0.15, -0.1) is 0 Å². The molecule has 5 nitrogen and oxygen atoms in total. The minimum absolute atomic E-state index is 0.0685. The number of benzene rings is 1. The number of hydrogen-bond acceptors (Lipinski definition) is 3. The number of aromatic amines is 1. The third-order valence-corrected chi connectivity index (χ3v) is 6.80. The van der Waals surface area contributed by atoms with E-state index in [1.54, 1.807) is 6.07 Å². The molecule has 134 valence electrons. The van der Waals surface area contributed by atoms with Gasteiger partial charge in [-0.1, -0.05) is 20.8 Å². The molecule has 1 saturated carbocycles. The SMILES string of the molecule is CCc1cc2c3c([nH]c2cc1S(=O)(=O)NC1CC1)CC(C)(C)CC3=O. The van der Waals surface area contributed by atoms with Crippen LogP contribution in [0.4, 0.5) is 0 Å². The third-order valence-electron chi connectivity index (χ3n) is 5.20. The molecular formula is C19H24N2O3S. The highest BCUT2D eigenvalue weighted by Crippen LogP contribution is 2.39. The summed E-state index contributed by atoms with van der Waals surface area (Å²) >= 11 is 0. The van der Waals surface area contributed by atoms with Crippen LogP contribution in [0.5, 0.6) is 0 Å². The number of nitrogens with one attached hydrogen (secondary N) is 2. The largest absolute Gasteiger partial charge is 0.358 e. The number of hydrogen-bond donors (Lipinski definition) is 2. The maximum atomic E-state index is 12.7. The number of rotatable bonds is 4. The Balaban J connectivity index is 1.89. The van der Waals surface area contributed by atoms with E-state index in [1.165, 1.54) is 0 Å². The molecule has 0 bridgehead atoms. The van der Waals surface area contributed by atoms with Gasteiger partial charge in [0.1, 0.15) is 0 Å². The van der Waals surface area contributed by atoms with Gasteiger partial charge in [0.05, 0.1) is 4.90 Å². The fourth-order valence-corrected chi connectivity index (χ4v) is 5.47. The van der Waals surface area contributed by atoms with Gasteiger partial charge in [-0.3, -0.25) is 4.79 Å². The van der Waals surface area contributed by atoms with Crippen molar-refractivity contribution in [1.82, 2.24) is 9.71 Å². The molecule has 6 heteroatoms.